The second kappa shape index (κ2) is 6.70. The first-order chi connectivity index (χ1) is 9.33. The van der Waals surface area contributed by atoms with Crippen LogP contribution < -0.4 is 14.8 Å². The van der Waals surface area contributed by atoms with E-state index in [1.54, 1.807) is 26.7 Å². The van der Waals surface area contributed by atoms with Crippen LogP contribution in [0.5, 0.6) is 11.5 Å². The summed E-state index contributed by atoms with van der Waals surface area (Å²) in [6, 6.07) is 7.68. The molecule has 5 nitrogen and oxygen atoms in total. The molecule has 0 spiro atoms. The van der Waals surface area contributed by atoms with E-state index in [4.69, 9.17) is 9.47 Å². The van der Waals surface area contributed by atoms with Crippen molar-refractivity contribution in [1.29, 1.82) is 0 Å². The van der Waals surface area contributed by atoms with E-state index in [1.165, 1.54) is 0 Å². The van der Waals surface area contributed by atoms with Crippen LogP contribution in [-0.2, 0) is 13.1 Å². The summed E-state index contributed by atoms with van der Waals surface area (Å²) < 4.78 is 10.5. The highest BCUT2D eigenvalue weighted by atomic mass is 16.5. The van der Waals surface area contributed by atoms with Gasteiger partial charge in [0.05, 0.1) is 19.9 Å². The van der Waals surface area contributed by atoms with E-state index in [0.29, 0.717) is 13.1 Å². The average molecular weight is 259 g/mol. The van der Waals surface area contributed by atoms with Gasteiger partial charge in [0.2, 0.25) is 0 Å². The molecule has 0 aliphatic carbocycles. The van der Waals surface area contributed by atoms with Gasteiger partial charge in [0.25, 0.3) is 0 Å². The number of nitrogens with one attached hydrogen (secondary N) is 1. The Labute approximate surface area is 112 Å². The van der Waals surface area contributed by atoms with Crippen molar-refractivity contribution in [3.05, 3.63) is 48.0 Å². The number of hydrogen-bond donors (Lipinski definition) is 1. The lowest BCUT2D eigenvalue weighted by atomic mass is 10.2. The predicted octanol–water partition coefficient (Wildman–Crippen LogP) is 1.78. The lowest BCUT2D eigenvalue weighted by Crippen LogP contribution is -2.14. The summed E-state index contributed by atoms with van der Waals surface area (Å²) in [5.41, 5.74) is 2.04. The summed E-state index contributed by atoms with van der Waals surface area (Å²) >= 11 is 0. The molecular weight excluding hydrogens is 242 g/mol. The maximum Gasteiger partial charge on any atom is 0.127 e. The van der Waals surface area contributed by atoms with E-state index in [-0.39, 0.29) is 0 Å². The van der Waals surface area contributed by atoms with E-state index in [1.807, 2.05) is 24.3 Å². The van der Waals surface area contributed by atoms with Crippen LogP contribution in [0, 0.1) is 0 Å². The van der Waals surface area contributed by atoms with Crippen molar-refractivity contribution in [1.82, 2.24) is 15.3 Å². The number of aromatic nitrogens is 2. The Morgan fingerprint density at radius 2 is 2.00 bits per heavy atom. The molecule has 1 heterocycles. The molecule has 0 aliphatic heterocycles. The van der Waals surface area contributed by atoms with Crippen LogP contribution in [0.3, 0.4) is 0 Å². The van der Waals surface area contributed by atoms with Gasteiger partial charge >= 0.3 is 0 Å². The monoisotopic (exact) mass is 259 g/mol. The number of ether oxygens (including phenoxy) is 2. The third-order valence-electron chi connectivity index (χ3n) is 2.76. The SMILES string of the molecule is COc1ccc(CNCc2ccncn2)c(OC)c1. The van der Waals surface area contributed by atoms with Gasteiger partial charge in [-0.3, -0.25) is 0 Å². The van der Waals surface area contributed by atoms with Crippen molar-refractivity contribution in [2.24, 2.45) is 0 Å². The van der Waals surface area contributed by atoms with Crippen molar-refractivity contribution in [3.63, 3.8) is 0 Å². The quantitative estimate of drug-likeness (QED) is 0.857. The van der Waals surface area contributed by atoms with Gasteiger partial charge in [-0.25, -0.2) is 9.97 Å². The van der Waals surface area contributed by atoms with Gasteiger partial charge in [-0.05, 0) is 12.1 Å². The Bertz CT molecular complexity index is 517. The molecule has 0 unspecified atom stereocenters. The summed E-state index contributed by atoms with van der Waals surface area (Å²) in [5, 5.41) is 3.32. The molecule has 0 fully saturated rings. The number of methoxy groups -OCH3 is 2. The van der Waals surface area contributed by atoms with E-state index < -0.39 is 0 Å². The smallest absolute Gasteiger partial charge is 0.127 e. The van der Waals surface area contributed by atoms with Crippen LogP contribution in [0.2, 0.25) is 0 Å². The summed E-state index contributed by atoms with van der Waals surface area (Å²) in [6.45, 7) is 1.40. The molecule has 0 saturated carbocycles. The molecule has 19 heavy (non-hydrogen) atoms. The normalized spacial score (nSPS) is 10.2. The Morgan fingerprint density at radius 1 is 1.11 bits per heavy atom. The van der Waals surface area contributed by atoms with Gasteiger partial charge in [0.1, 0.15) is 17.8 Å². The molecule has 1 N–H and O–H groups in total. The Balaban J connectivity index is 1.96. The van der Waals surface area contributed by atoms with Gasteiger partial charge in [0, 0.05) is 30.9 Å². The standard InChI is InChI=1S/C14H17N3O2/c1-18-13-4-3-11(14(7-13)19-2)8-16-9-12-5-6-15-10-17-12/h3-7,10,16H,8-9H2,1-2H3. The fourth-order valence-electron chi connectivity index (χ4n) is 1.75. The lowest BCUT2D eigenvalue weighted by molar-refractivity contribution is 0.389. The molecule has 0 amide bonds. The fourth-order valence-corrected chi connectivity index (χ4v) is 1.75. The number of benzene rings is 1. The fraction of sp³-hybridized carbons (Fsp3) is 0.286. The highest BCUT2D eigenvalue weighted by molar-refractivity contribution is 5.40. The molecule has 2 rings (SSSR count). The first kappa shape index (κ1) is 13.3. The van der Waals surface area contributed by atoms with Crippen molar-refractivity contribution in [2.75, 3.05) is 14.2 Å². The highest BCUT2D eigenvalue weighted by Crippen LogP contribution is 2.24. The van der Waals surface area contributed by atoms with Crippen molar-refractivity contribution in [3.8, 4) is 11.5 Å². The molecule has 100 valence electrons. The summed E-state index contributed by atoms with van der Waals surface area (Å²) in [4.78, 5) is 8.04. The van der Waals surface area contributed by atoms with Crippen LogP contribution in [0.25, 0.3) is 0 Å². The average Bonchev–Trinajstić information content (AvgIpc) is 2.48. The van der Waals surface area contributed by atoms with E-state index >= 15 is 0 Å². The highest BCUT2D eigenvalue weighted by Gasteiger charge is 2.04. The zero-order valence-electron chi connectivity index (χ0n) is 11.1. The van der Waals surface area contributed by atoms with Crippen LogP contribution >= 0.6 is 0 Å². The van der Waals surface area contributed by atoms with E-state index in [9.17, 15) is 0 Å². The summed E-state index contributed by atoms with van der Waals surface area (Å²) in [6.07, 6.45) is 3.28. The zero-order chi connectivity index (χ0) is 13.5. The van der Waals surface area contributed by atoms with Gasteiger partial charge in [0.15, 0.2) is 0 Å². The van der Waals surface area contributed by atoms with Crippen LogP contribution in [0.15, 0.2) is 36.8 Å². The number of hydrogen-bond acceptors (Lipinski definition) is 5. The molecule has 0 atom stereocenters. The van der Waals surface area contributed by atoms with Gasteiger partial charge < -0.3 is 14.8 Å². The van der Waals surface area contributed by atoms with Crippen LogP contribution in [0.4, 0.5) is 0 Å². The van der Waals surface area contributed by atoms with Gasteiger partial charge in [-0.1, -0.05) is 6.07 Å². The largest absolute Gasteiger partial charge is 0.497 e. The molecule has 1 aromatic heterocycles. The molecule has 0 bridgehead atoms. The van der Waals surface area contributed by atoms with Crippen molar-refractivity contribution >= 4 is 0 Å². The van der Waals surface area contributed by atoms with Crippen LogP contribution in [0.1, 0.15) is 11.3 Å². The second-order valence-corrected chi connectivity index (χ2v) is 3.98. The molecule has 0 saturated heterocycles. The molecule has 5 heteroatoms. The second-order valence-electron chi connectivity index (χ2n) is 3.98. The Hall–Kier alpha value is -2.14. The topological polar surface area (TPSA) is 56.3 Å². The summed E-state index contributed by atoms with van der Waals surface area (Å²) in [5.74, 6) is 1.60. The van der Waals surface area contributed by atoms with Crippen molar-refractivity contribution in [2.45, 2.75) is 13.1 Å². The Kier molecular flexibility index (Phi) is 4.69. The molecule has 2 aromatic rings. The third kappa shape index (κ3) is 3.66. The first-order valence-corrected chi connectivity index (χ1v) is 6.00. The van der Waals surface area contributed by atoms with Crippen LogP contribution in [-0.4, -0.2) is 24.2 Å². The molecular formula is C14H17N3O2. The van der Waals surface area contributed by atoms with E-state index in [0.717, 1.165) is 22.8 Å². The lowest BCUT2D eigenvalue weighted by Gasteiger charge is -2.11. The first-order valence-electron chi connectivity index (χ1n) is 6.00. The predicted molar refractivity (Wildman–Crippen MR) is 72.1 cm³/mol. The minimum absolute atomic E-state index is 0.692. The van der Waals surface area contributed by atoms with Gasteiger partial charge in [-0.15, -0.1) is 0 Å². The zero-order valence-corrected chi connectivity index (χ0v) is 11.1. The molecule has 0 radical (unpaired) electrons. The summed E-state index contributed by atoms with van der Waals surface area (Å²) in [7, 11) is 3.30. The number of nitrogens with zero attached hydrogens (tertiary/aromatic N) is 2. The van der Waals surface area contributed by atoms with Crippen molar-refractivity contribution < 1.29 is 9.47 Å². The maximum atomic E-state index is 5.34. The minimum atomic E-state index is 0.692. The minimum Gasteiger partial charge on any atom is -0.497 e. The molecule has 1 aromatic carbocycles. The van der Waals surface area contributed by atoms with E-state index in [2.05, 4.69) is 15.3 Å². The number of rotatable bonds is 6. The third-order valence-corrected chi connectivity index (χ3v) is 2.76. The molecule has 0 aliphatic rings. The van der Waals surface area contributed by atoms with Gasteiger partial charge in [-0.2, -0.15) is 0 Å². The Morgan fingerprint density at radius 3 is 2.68 bits per heavy atom. The maximum absolute atomic E-state index is 5.34.